The van der Waals surface area contributed by atoms with Gasteiger partial charge in [0.1, 0.15) is 5.82 Å². The summed E-state index contributed by atoms with van der Waals surface area (Å²) in [5.41, 5.74) is 0.150. The number of aliphatic hydroxyl groups excluding tert-OH is 1. The SMILES string of the molecule is C=CC(O)c1cccc(Cl)c1F. The Hall–Kier alpha value is -0.860. The summed E-state index contributed by atoms with van der Waals surface area (Å²) in [6.45, 7) is 3.35. The second-order valence-electron chi connectivity index (χ2n) is 2.32. The van der Waals surface area contributed by atoms with Gasteiger partial charge in [-0.05, 0) is 6.07 Å². The smallest absolute Gasteiger partial charge is 0.147 e. The van der Waals surface area contributed by atoms with Crippen molar-refractivity contribution in [2.24, 2.45) is 0 Å². The number of hydrogen-bond acceptors (Lipinski definition) is 1. The van der Waals surface area contributed by atoms with Gasteiger partial charge in [-0.3, -0.25) is 0 Å². The Morgan fingerprint density at radius 3 is 2.83 bits per heavy atom. The van der Waals surface area contributed by atoms with Crippen molar-refractivity contribution in [3.63, 3.8) is 0 Å². The molecule has 3 heteroatoms. The maximum Gasteiger partial charge on any atom is 0.147 e. The second kappa shape index (κ2) is 3.70. The molecule has 0 aliphatic heterocycles. The molecule has 1 rings (SSSR count). The molecule has 0 heterocycles. The van der Waals surface area contributed by atoms with Crippen molar-refractivity contribution >= 4 is 11.6 Å². The van der Waals surface area contributed by atoms with Crippen molar-refractivity contribution in [2.45, 2.75) is 6.10 Å². The fourth-order valence-electron chi connectivity index (χ4n) is 0.876. The van der Waals surface area contributed by atoms with E-state index < -0.39 is 11.9 Å². The molecule has 0 radical (unpaired) electrons. The third-order valence-corrected chi connectivity index (χ3v) is 1.82. The molecule has 1 atom stereocenters. The summed E-state index contributed by atoms with van der Waals surface area (Å²) in [6, 6.07) is 4.47. The highest BCUT2D eigenvalue weighted by Gasteiger charge is 2.10. The van der Waals surface area contributed by atoms with Gasteiger partial charge in [-0.25, -0.2) is 4.39 Å². The van der Waals surface area contributed by atoms with Gasteiger partial charge in [0.05, 0.1) is 11.1 Å². The highest BCUT2D eigenvalue weighted by Crippen LogP contribution is 2.23. The second-order valence-corrected chi connectivity index (χ2v) is 2.73. The van der Waals surface area contributed by atoms with Crippen LogP contribution in [0.5, 0.6) is 0 Å². The van der Waals surface area contributed by atoms with Crippen LogP contribution in [-0.2, 0) is 0 Å². The van der Waals surface area contributed by atoms with E-state index in [1.165, 1.54) is 18.2 Å². The van der Waals surface area contributed by atoms with Gasteiger partial charge < -0.3 is 5.11 Å². The van der Waals surface area contributed by atoms with Crippen LogP contribution in [0.15, 0.2) is 30.9 Å². The van der Waals surface area contributed by atoms with E-state index in [9.17, 15) is 9.50 Å². The Morgan fingerprint density at radius 1 is 1.58 bits per heavy atom. The molecule has 0 bridgehead atoms. The molecule has 0 spiro atoms. The molecule has 0 aliphatic rings. The molecule has 0 amide bonds. The fourth-order valence-corrected chi connectivity index (χ4v) is 1.06. The molecule has 12 heavy (non-hydrogen) atoms. The van der Waals surface area contributed by atoms with Crippen LogP contribution in [0, 0.1) is 5.82 Å². The van der Waals surface area contributed by atoms with Crippen LogP contribution in [0.2, 0.25) is 5.02 Å². The lowest BCUT2D eigenvalue weighted by atomic mass is 10.1. The molecule has 64 valence electrons. The first-order valence-electron chi connectivity index (χ1n) is 3.41. The van der Waals surface area contributed by atoms with Crippen molar-refractivity contribution in [2.75, 3.05) is 0 Å². The number of hydrogen-bond donors (Lipinski definition) is 1. The molecule has 0 saturated carbocycles. The average Bonchev–Trinajstić information content (AvgIpc) is 2.08. The summed E-state index contributed by atoms with van der Waals surface area (Å²) < 4.78 is 13.1. The summed E-state index contributed by atoms with van der Waals surface area (Å²) in [6.07, 6.45) is 0.248. The van der Waals surface area contributed by atoms with Gasteiger partial charge >= 0.3 is 0 Å². The zero-order chi connectivity index (χ0) is 9.14. The predicted molar refractivity (Wildman–Crippen MR) is 46.6 cm³/mol. The molecule has 1 aromatic rings. The Labute approximate surface area is 75.1 Å². The lowest BCUT2D eigenvalue weighted by molar-refractivity contribution is 0.223. The zero-order valence-corrected chi connectivity index (χ0v) is 7.05. The van der Waals surface area contributed by atoms with Gasteiger partial charge in [0.25, 0.3) is 0 Å². The number of halogens is 2. The van der Waals surface area contributed by atoms with Crippen molar-refractivity contribution in [3.05, 3.63) is 47.3 Å². The summed E-state index contributed by atoms with van der Waals surface area (Å²) in [7, 11) is 0. The Morgan fingerprint density at radius 2 is 2.25 bits per heavy atom. The van der Waals surface area contributed by atoms with E-state index >= 15 is 0 Å². The Balaban J connectivity index is 3.15. The minimum absolute atomic E-state index is 0.00778. The minimum Gasteiger partial charge on any atom is -0.384 e. The number of rotatable bonds is 2. The van der Waals surface area contributed by atoms with Crippen LogP contribution in [0.1, 0.15) is 11.7 Å². The van der Waals surface area contributed by atoms with E-state index in [-0.39, 0.29) is 10.6 Å². The molecule has 1 unspecified atom stereocenters. The zero-order valence-electron chi connectivity index (χ0n) is 6.30. The first kappa shape index (κ1) is 9.23. The molecular weight excluding hydrogens is 179 g/mol. The summed E-state index contributed by atoms with van der Waals surface area (Å²) in [4.78, 5) is 0. The predicted octanol–water partition coefficient (Wildman–Crippen LogP) is 2.70. The maximum atomic E-state index is 13.1. The summed E-state index contributed by atoms with van der Waals surface area (Å²) in [5.74, 6) is -0.591. The van der Waals surface area contributed by atoms with E-state index in [1.807, 2.05) is 0 Å². The molecule has 0 aliphatic carbocycles. The van der Waals surface area contributed by atoms with Gasteiger partial charge in [0, 0.05) is 5.56 Å². The van der Waals surface area contributed by atoms with Crippen molar-refractivity contribution < 1.29 is 9.50 Å². The van der Waals surface area contributed by atoms with E-state index in [4.69, 9.17) is 11.6 Å². The monoisotopic (exact) mass is 186 g/mol. The molecule has 0 aromatic heterocycles. The first-order valence-corrected chi connectivity index (χ1v) is 3.79. The van der Waals surface area contributed by atoms with E-state index in [0.717, 1.165) is 0 Å². The summed E-state index contributed by atoms with van der Waals surface area (Å²) in [5, 5.41) is 9.23. The summed E-state index contributed by atoms with van der Waals surface area (Å²) >= 11 is 5.49. The van der Waals surface area contributed by atoms with Crippen LogP contribution in [0.25, 0.3) is 0 Å². The van der Waals surface area contributed by atoms with Crippen molar-refractivity contribution in [1.82, 2.24) is 0 Å². The van der Waals surface area contributed by atoms with Crippen molar-refractivity contribution in [1.29, 1.82) is 0 Å². The van der Waals surface area contributed by atoms with E-state index in [1.54, 1.807) is 6.07 Å². The highest BCUT2D eigenvalue weighted by molar-refractivity contribution is 6.30. The van der Waals surface area contributed by atoms with E-state index in [2.05, 4.69) is 6.58 Å². The topological polar surface area (TPSA) is 20.2 Å². The molecule has 1 N–H and O–H groups in total. The van der Waals surface area contributed by atoms with Gasteiger partial charge in [-0.15, -0.1) is 6.58 Å². The average molecular weight is 187 g/mol. The van der Waals surface area contributed by atoms with Crippen LogP contribution in [-0.4, -0.2) is 5.11 Å². The molecule has 1 nitrogen and oxygen atoms in total. The van der Waals surface area contributed by atoms with Crippen molar-refractivity contribution in [3.8, 4) is 0 Å². The van der Waals surface area contributed by atoms with Gasteiger partial charge in [0.2, 0.25) is 0 Å². The lowest BCUT2D eigenvalue weighted by Crippen LogP contribution is -1.96. The van der Waals surface area contributed by atoms with Crippen LogP contribution in [0.3, 0.4) is 0 Å². The standard InChI is InChI=1S/C9H8ClFO/c1-2-8(12)6-4-3-5-7(10)9(6)11/h2-5,8,12H,1H2. The quantitative estimate of drug-likeness (QED) is 0.705. The lowest BCUT2D eigenvalue weighted by Gasteiger charge is -2.06. The third kappa shape index (κ3) is 1.65. The van der Waals surface area contributed by atoms with E-state index in [0.29, 0.717) is 0 Å². The molecule has 0 fully saturated rings. The van der Waals surface area contributed by atoms with Gasteiger partial charge in [-0.1, -0.05) is 29.8 Å². The van der Waals surface area contributed by atoms with Gasteiger partial charge in [0.15, 0.2) is 0 Å². The van der Waals surface area contributed by atoms with Crippen LogP contribution >= 0.6 is 11.6 Å². The Bertz CT molecular complexity index is 299. The van der Waals surface area contributed by atoms with Crippen LogP contribution in [0.4, 0.5) is 4.39 Å². The maximum absolute atomic E-state index is 13.1. The Kier molecular flexibility index (Phi) is 2.84. The van der Waals surface area contributed by atoms with Gasteiger partial charge in [-0.2, -0.15) is 0 Å². The first-order chi connectivity index (χ1) is 5.66. The highest BCUT2D eigenvalue weighted by atomic mass is 35.5. The normalized spacial score (nSPS) is 12.6. The molecule has 0 saturated heterocycles. The molecular formula is C9H8ClFO. The largest absolute Gasteiger partial charge is 0.384 e. The number of benzene rings is 1. The van der Waals surface area contributed by atoms with Crippen LogP contribution < -0.4 is 0 Å². The minimum atomic E-state index is -0.997. The fraction of sp³-hybridized carbons (Fsp3) is 0.111. The molecule has 1 aromatic carbocycles. The number of aliphatic hydroxyl groups is 1. The third-order valence-electron chi connectivity index (χ3n) is 1.52.